The molecular weight excluding hydrogens is 368 g/mol. The van der Waals surface area contributed by atoms with Crippen LogP contribution in [0.3, 0.4) is 0 Å². The summed E-state index contributed by atoms with van der Waals surface area (Å²) < 4.78 is 27.8. The van der Waals surface area contributed by atoms with Crippen LogP contribution < -0.4 is 5.32 Å². The molecular formula is C15H14BrF2N5. The fourth-order valence-corrected chi connectivity index (χ4v) is 2.76. The molecule has 0 aliphatic rings. The summed E-state index contributed by atoms with van der Waals surface area (Å²) in [6.45, 7) is 2.01. The molecule has 0 aliphatic heterocycles. The molecule has 1 unspecified atom stereocenters. The van der Waals surface area contributed by atoms with Crippen molar-refractivity contribution in [2.75, 3.05) is 5.32 Å². The molecule has 0 radical (unpaired) electrons. The Balaban J connectivity index is 1.78. The fraction of sp³-hybridized carbons (Fsp3) is 0.267. The van der Waals surface area contributed by atoms with Gasteiger partial charge in [-0.05, 0) is 37.1 Å². The zero-order valence-corrected chi connectivity index (χ0v) is 13.8. The van der Waals surface area contributed by atoms with Crippen LogP contribution in [0.25, 0.3) is 5.65 Å². The minimum atomic E-state index is -2.72. The molecule has 8 heteroatoms. The van der Waals surface area contributed by atoms with E-state index in [2.05, 4.69) is 36.5 Å². The predicted molar refractivity (Wildman–Crippen MR) is 86.7 cm³/mol. The Hall–Kier alpha value is -2.09. The SMILES string of the molecule is CC(Cc1ccccc1Br)Nc1ccc2nnc(C(F)F)n2n1. The van der Waals surface area contributed by atoms with E-state index < -0.39 is 12.2 Å². The van der Waals surface area contributed by atoms with Gasteiger partial charge < -0.3 is 5.32 Å². The van der Waals surface area contributed by atoms with Crippen LogP contribution in [0.15, 0.2) is 40.9 Å². The zero-order chi connectivity index (χ0) is 16.4. The summed E-state index contributed by atoms with van der Waals surface area (Å²) in [4.78, 5) is 0. The van der Waals surface area contributed by atoms with Gasteiger partial charge >= 0.3 is 0 Å². The Morgan fingerprint density at radius 3 is 2.70 bits per heavy atom. The van der Waals surface area contributed by atoms with Crippen molar-refractivity contribution >= 4 is 27.4 Å². The third kappa shape index (κ3) is 3.47. The lowest BCUT2D eigenvalue weighted by molar-refractivity contribution is 0.137. The van der Waals surface area contributed by atoms with E-state index in [9.17, 15) is 8.78 Å². The number of nitrogens with zero attached hydrogens (tertiary/aromatic N) is 4. The predicted octanol–water partition coefficient (Wildman–Crippen LogP) is 3.87. The molecule has 0 aliphatic carbocycles. The minimum absolute atomic E-state index is 0.0742. The zero-order valence-electron chi connectivity index (χ0n) is 12.2. The highest BCUT2D eigenvalue weighted by molar-refractivity contribution is 9.10. The van der Waals surface area contributed by atoms with Crippen molar-refractivity contribution in [2.24, 2.45) is 0 Å². The maximum Gasteiger partial charge on any atom is 0.299 e. The number of hydrogen-bond donors (Lipinski definition) is 1. The molecule has 3 rings (SSSR count). The van der Waals surface area contributed by atoms with E-state index in [-0.39, 0.29) is 6.04 Å². The van der Waals surface area contributed by atoms with Gasteiger partial charge in [-0.3, -0.25) is 0 Å². The van der Waals surface area contributed by atoms with Crippen LogP contribution in [0.1, 0.15) is 24.7 Å². The summed E-state index contributed by atoms with van der Waals surface area (Å²) in [7, 11) is 0. The lowest BCUT2D eigenvalue weighted by Crippen LogP contribution is -2.19. The molecule has 5 nitrogen and oxygen atoms in total. The maximum absolute atomic E-state index is 12.9. The highest BCUT2D eigenvalue weighted by Crippen LogP contribution is 2.20. The summed E-state index contributed by atoms with van der Waals surface area (Å²) >= 11 is 3.52. The minimum Gasteiger partial charge on any atom is -0.366 e. The van der Waals surface area contributed by atoms with E-state index in [1.54, 1.807) is 12.1 Å². The quantitative estimate of drug-likeness (QED) is 0.728. The van der Waals surface area contributed by atoms with E-state index in [1.807, 2.05) is 31.2 Å². The van der Waals surface area contributed by atoms with E-state index in [4.69, 9.17) is 0 Å². The van der Waals surface area contributed by atoms with Crippen LogP contribution >= 0.6 is 15.9 Å². The van der Waals surface area contributed by atoms with E-state index in [1.165, 1.54) is 0 Å². The Kier molecular flexibility index (Phi) is 4.51. The van der Waals surface area contributed by atoms with Crippen LogP contribution in [0.4, 0.5) is 14.6 Å². The molecule has 0 fully saturated rings. The molecule has 1 atom stereocenters. The van der Waals surface area contributed by atoms with Gasteiger partial charge in [0.05, 0.1) is 0 Å². The molecule has 0 saturated carbocycles. The summed E-state index contributed by atoms with van der Waals surface area (Å²) in [5, 5.41) is 14.5. The van der Waals surface area contributed by atoms with Crippen LogP contribution in [0.2, 0.25) is 0 Å². The van der Waals surface area contributed by atoms with Crippen LogP contribution in [0.5, 0.6) is 0 Å². The van der Waals surface area contributed by atoms with Crippen LogP contribution in [0, 0.1) is 0 Å². The van der Waals surface area contributed by atoms with Gasteiger partial charge in [-0.1, -0.05) is 34.1 Å². The monoisotopic (exact) mass is 381 g/mol. The van der Waals surface area contributed by atoms with Gasteiger partial charge in [-0.25, -0.2) is 8.78 Å². The van der Waals surface area contributed by atoms with Crippen LogP contribution in [-0.2, 0) is 6.42 Å². The molecule has 3 aromatic rings. The molecule has 1 N–H and O–H groups in total. The Morgan fingerprint density at radius 1 is 1.17 bits per heavy atom. The molecule has 2 aromatic heterocycles. The fourth-order valence-electron chi connectivity index (χ4n) is 2.32. The maximum atomic E-state index is 12.9. The smallest absolute Gasteiger partial charge is 0.299 e. The van der Waals surface area contributed by atoms with Crippen molar-refractivity contribution in [3.63, 3.8) is 0 Å². The van der Waals surface area contributed by atoms with Gasteiger partial charge in [0.2, 0.25) is 5.82 Å². The molecule has 0 bridgehead atoms. The van der Waals surface area contributed by atoms with Crippen molar-refractivity contribution < 1.29 is 8.78 Å². The molecule has 23 heavy (non-hydrogen) atoms. The number of alkyl halides is 2. The van der Waals surface area contributed by atoms with Gasteiger partial charge in [-0.2, -0.15) is 4.52 Å². The van der Waals surface area contributed by atoms with Gasteiger partial charge in [0.1, 0.15) is 5.82 Å². The molecule has 1 aromatic carbocycles. The first-order chi connectivity index (χ1) is 11.0. The summed E-state index contributed by atoms with van der Waals surface area (Å²) in [6, 6.07) is 11.3. The van der Waals surface area contributed by atoms with Gasteiger partial charge in [0.15, 0.2) is 5.65 Å². The van der Waals surface area contributed by atoms with Crippen molar-refractivity contribution in [3.05, 3.63) is 52.3 Å². The Bertz CT molecular complexity index is 820. The average molecular weight is 382 g/mol. The standard InChI is InChI=1S/C15H14BrF2N5/c1-9(8-10-4-2-3-5-11(10)16)19-12-6-7-13-20-21-15(14(17)18)23(13)22-12/h2-7,9,14H,8H2,1H3,(H,19,22). The van der Waals surface area contributed by atoms with E-state index >= 15 is 0 Å². The number of aromatic nitrogens is 4. The Morgan fingerprint density at radius 2 is 1.96 bits per heavy atom. The lowest BCUT2D eigenvalue weighted by atomic mass is 10.1. The third-order valence-electron chi connectivity index (χ3n) is 3.36. The highest BCUT2D eigenvalue weighted by atomic mass is 79.9. The molecule has 0 spiro atoms. The summed E-state index contributed by atoms with van der Waals surface area (Å²) in [5.74, 6) is 0.0425. The second kappa shape index (κ2) is 6.57. The number of nitrogens with one attached hydrogen (secondary N) is 1. The number of anilines is 1. The first-order valence-corrected chi connectivity index (χ1v) is 7.84. The molecule has 2 heterocycles. The lowest BCUT2D eigenvalue weighted by Gasteiger charge is -2.15. The van der Waals surface area contributed by atoms with Crippen molar-refractivity contribution in [2.45, 2.75) is 25.8 Å². The number of fused-ring (bicyclic) bond motifs is 1. The summed E-state index contributed by atoms with van der Waals surface area (Å²) in [5.41, 5.74) is 1.45. The second-order valence-corrected chi connectivity index (χ2v) is 6.04. The van der Waals surface area contributed by atoms with Crippen molar-refractivity contribution in [3.8, 4) is 0 Å². The first kappa shape index (κ1) is 15.8. The third-order valence-corrected chi connectivity index (χ3v) is 4.13. The average Bonchev–Trinajstić information content (AvgIpc) is 2.93. The summed E-state index contributed by atoms with van der Waals surface area (Å²) in [6.07, 6.45) is -1.95. The molecule has 120 valence electrons. The van der Waals surface area contributed by atoms with Gasteiger partial charge in [0, 0.05) is 10.5 Å². The topological polar surface area (TPSA) is 55.1 Å². The second-order valence-electron chi connectivity index (χ2n) is 5.19. The molecule has 0 amide bonds. The largest absolute Gasteiger partial charge is 0.366 e. The number of benzene rings is 1. The first-order valence-electron chi connectivity index (χ1n) is 7.05. The highest BCUT2D eigenvalue weighted by Gasteiger charge is 2.17. The normalized spacial score (nSPS) is 12.7. The number of rotatable bonds is 5. The van der Waals surface area contributed by atoms with E-state index in [0.717, 1.165) is 21.0 Å². The van der Waals surface area contributed by atoms with Crippen molar-refractivity contribution in [1.82, 2.24) is 19.8 Å². The van der Waals surface area contributed by atoms with Gasteiger partial charge in [-0.15, -0.1) is 15.3 Å². The Labute approximate surface area is 139 Å². The number of halogens is 3. The van der Waals surface area contributed by atoms with Crippen molar-refractivity contribution in [1.29, 1.82) is 0 Å². The van der Waals surface area contributed by atoms with E-state index in [0.29, 0.717) is 11.5 Å². The van der Waals surface area contributed by atoms with Crippen LogP contribution in [-0.4, -0.2) is 25.9 Å². The van der Waals surface area contributed by atoms with Gasteiger partial charge in [0.25, 0.3) is 6.43 Å². The number of hydrogen-bond acceptors (Lipinski definition) is 4. The molecule has 0 saturated heterocycles.